The minimum absolute atomic E-state index is 0.127. The van der Waals surface area contributed by atoms with Gasteiger partial charge in [0.25, 0.3) is 5.69 Å². The van der Waals surface area contributed by atoms with Gasteiger partial charge in [0.2, 0.25) is 0 Å². The lowest BCUT2D eigenvalue weighted by molar-refractivity contribution is -0.386. The minimum Gasteiger partial charge on any atom is -0.493 e. The fourth-order valence-corrected chi connectivity index (χ4v) is 1.66. The molecule has 0 bridgehead atoms. The van der Waals surface area contributed by atoms with Crippen molar-refractivity contribution in [1.82, 2.24) is 0 Å². The number of hydrogen-bond donors (Lipinski definition) is 2. The molecule has 0 aliphatic heterocycles. The second-order valence-corrected chi connectivity index (χ2v) is 4.46. The number of hydrogen-bond acceptors (Lipinski definition) is 6. The molecule has 22 heavy (non-hydrogen) atoms. The highest BCUT2D eigenvalue weighted by Gasteiger charge is 2.24. The van der Waals surface area contributed by atoms with E-state index in [0.29, 0.717) is 0 Å². The number of carbonyl (C=O) groups is 1. The van der Waals surface area contributed by atoms with E-state index >= 15 is 0 Å². The van der Waals surface area contributed by atoms with Gasteiger partial charge >= 0.3 is 5.97 Å². The maximum atomic E-state index is 11.1. The fraction of sp³-hybridized carbons (Fsp3) is 0.357. The van der Waals surface area contributed by atoms with E-state index in [1.54, 1.807) is 19.8 Å². The molecule has 118 valence electrons. The molecule has 1 aromatic carbocycles. The van der Waals surface area contributed by atoms with Crippen LogP contribution in [0.2, 0.25) is 0 Å². The quantitative estimate of drug-likeness (QED) is 0.480. The summed E-state index contributed by atoms with van der Waals surface area (Å²) in [5.41, 5.74) is -0.615. The van der Waals surface area contributed by atoms with Gasteiger partial charge in [-0.1, -0.05) is 5.92 Å². The lowest BCUT2D eigenvalue weighted by atomic mass is 10.1. The molecular weight excluding hydrogens is 294 g/mol. The first kappa shape index (κ1) is 17.3. The van der Waals surface area contributed by atoms with Gasteiger partial charge in [0, 0.05) is 5.92 Å². The Morgan fingerprint density at radius 1 is 1.36 bits per heavy atom. The van der Waals surface area contributed by atoms with Crippen LogP contribution in [0.4, 0.5) is 5.69 Å². The summed E-state index contributed by atoms with van der Waals surface area (Å²) in [6.45, 7) is 3.50. The molecule has 2 N–H and O–H groups in total. The fourth-order valence-electron chi connectivity index (χ4n) is 1.66. The van der Waals surface area contributed by atoms with Crippen LogP contribution in [0, 0.1) is 22.0 Å². The average molecular weight is 309 g/mol. The normalized spacial score (nSPS) is 11.3. The van der Waals surface area contributed by atoms with Gasteiger partial charge in [0.05, 0.1) is 29.8 Å². The molecule has 1 rings (SSSR count). The SMILES string of the molecule is COc1cc([N+](=O)[O-])c(C(O)C#CC(=O)O)cc1OC(C)C. The Morgan fingerprint density at radius 3 is 2.45 bits per heavy atom. The van der Waals surface area contributed by atoms with E-state index in [9.17, 15) is 20.0 Å². The summed E-state index contributed by atoms with van der Waals surface area (Å²) in [6.07, 6.45) is -1.87. The number of aliphatic hydroxyl groups excluding tert-OH is 1. The van der Waals surface area contributed by atoms with Gasteiger partial charge in [-0.3, -0.25) is 10.1 Å². The maximum absolute atomic E-state index is 11.1. The number of aliphatic hydroxyl groups is 1. The van der Waals surface area contributed by atoms with Gasteiger partial charge < -0.3 is 19.7 Å². The number of ether oxygens (including phenoxy) is 2. The number of carboxylic acids is 1. The third-order valence-corrected chi connectivity index (χ3v) is 2.48. The molecule has 0 heterocycles. The van der Waals surface area contributed by atoms with Crippen molar-refractivity contribution in [3.05, 3.63) is 27.8 Å². The minimum atomic E-state index is -1.64. The second-order valence-electron chi connectivity index (χ2n) is 4.46. The summed E-state index contributed by atoms with van der Waals surface area (Å²) in [7, 11) is 1.33. The Kier molecular flexibility index (Phi) is 5.72. The summed E-state index contributed by atoms with van der Waals surface area (Å²) >= 11 is 0. The highest BCUT2D eigenvalue weighted by molar-refractivity contribution is 5.86. The third-order valence-electron chi connectivity index (χ3n) is 2.48. The van der Waals surface area contributed by atoms with E-state index in [4.69, 9.17) is 14.6 Å². The van der Waals surface area contributed by atoms with Crippen molar-refractivity contribution >= 4 is 11.7 Å². The van der Waals surface area contributed by atoms with E-state index in [-0.39, 0.29) is 23.2 Å². The summed E-state index contributed by atoms with van der Waals surface area (Å²) in [4.78, 5) is 20.8. The predicted octanol–water partition coefficient (Wildman–Crippen LogP) is 1.51. The molecule has 1 aromatic rings. The smallest absolute Gasteiger partial charge is 0.382 e. The molecule has 0 aliphatic rings. The van der Waals surface area contributed by atoms with Gasteiger partial charge in [-0.2, -0.15) is 0 Å². The largest absolute Gasteiger partial charge is 0.493 e. The Hall–Kier alpha value is -2.79. The van der Waals surface area contributed by atoms with Crippen LogP contribution in [-0.2, 0) is 4.79 Å². The van der Waals surface area contributed by atoms with Crippen LogP contribution in [0.25, 0.3) is 0 Å². The molecule has 8 heteroatoms. The standard InChI is InChI=1S/C14H15NO7/c1-8(2)22-13-6-9(11(16)4-5-14(17)18)10(15(19)20)7-12(13)21-3/h6-8,11,16H,1-3H3,(H,17,18). The Balaban J connectivity index is 3.43. The molecule has 0 amide bonds. The van der Waals surface area contributed by atoms with Crippen LogP contribution in [0.5, 0.6) is 11.5 Å². The molecule has 0 radical (unpaired) electrons. The first-order valence-electron chi connectivity index (χ1n) is 6.21. The summed E-state index contributed by atoms with van der Waals surface area (Å²) < 4.78 is 10.5. The second kappa shape index (κ2) is 7.28. The van der Waals surface area contributed by atoms with Crippen LogP contribution < -0.4 is 9.47 Å². The monoisotopic (exact) mass is 309 g/mol. The predicted molar refractivity (Wildman–Crippen MR) is 75.8 cm³/mol. The average Bonchev–Trinajstić information content (AvgIpc) is 2.43. The number of rotatable bonds is 5. The number of carboxylic acid groups (broad SMARTS) is 1. The van der Waals surface area contributed by atoms with Crippen LogP contribution in [0.3, 0.4) is 0 Å². The Morgan fingerprint density at radius 2 is 2.00 bits per heavy atom. The van der Waals surface area contributed by atoms with Crippen molar-refractivity contribution in [3.8, 4) is 23.3 Å². The third kappa shape index (κ3) is 4.36. The van der Waals surface area contributed by atoms with E-state index in [1.807, 2.05) is 5.92 Å². The van der Waals surface area contributed by atoms with Crippen molar-refractivity contribution in [2.24, 2.45) is 0 Å². The van der Waals surface area contributed by atoms with Gasteiger partial charge in [-0.05, 0) is 19.9 Å². The molecule has 0 aromatic heterocycles. The maximum Gasteiger partial charge on any atom is 0.382 e. The molecule has 1 atom stereocenters. The summed E-state index contributed by atoms with van der Waals surface area (Å²) in [6, 6.07) is 2.32. The first-order valence-corrected chi connectivity index (χ1v) is 6.21. The zero-order chi connectivity index (χ0) is 16.9. The molecule has 0 saturated heterocycles. The van der Waals surface area contributed by atoms with Crippen molar-refractivity contribution in [1.29, 1.82) is 0 Å². The molecule has 0 aliphatic carbocycles. The first-order chi connectivity index (χ1) is 10.3. The van der Waals surface area contributed by atoms with E-state index < -0.39 is 22.7 Å². The molecule has 8 nitrogen and oxygen atoms in total. The Labute approximate surface area is 126 Å². The lowest BCUT2D eigenvalue weighted by Crippen LogP contribution is -2.09. The zero-order valence-corrected chi connectivity index (χ0v) is 12.2. The Bertz CT molecular complexity index is 643. The highest BCUT2D eigenvalue weighted by Crippen LogP contribution is 2.37. The van der Waals surface area contributed by atoms with Crippen molar-refractivity contribution in [2.75, 3.05) is 7.11 Å². The lowest BCUT2D eigenvalue weighted by Gasteiger charge is -2.15. The highest BCUT2D eigenvalue weighted by atomic mass is 16.6. The zero-order valence-electron chi connectivity index (χ0n) is 12.2. The number of benzene rings is 1. The number of nitro groups is 1. The van der Waals surface area contributed by atoms with Crippen molar-refractivity contribution < 1.29 is 29.4 Å². The molecule has 0 spiro atoms. The van der Waals surface area contributed by atoms with Crippen LogP contribution >= 0.6 is 0 Å². The van der Waals surface area contributed by atoms with Gasteiger partial charge in [-0.25, -0.2) is 4.79 Å². The topological polar surface area (TPSA) is 119 Å². The number of aliphatic carboxylic acids is 1. The summed E-state index contributed by atoms with van der Waals surface area (Å²) in [5, 5.41) is 29.5. The van der Waals surface area contributed by atoms with Gasteiger partial charge in [0.15, 0.2) is 11.5 Å². The van der Waals surface area contributed by atoms with Gasteiger partial charge in [-0.15, -0.1) is 0 Å². The van der Waals surface area contributed by atoms with Crippen LogP contribution in [0.1, 0.15) is 25.5 Å². The number of nitro benzene ring substituents is 1. The van der Waals surface area contributed by atoms with Crippen LogP contribution in [0.15, 0.2) is 12.1 Å². The van der Waals surface area contributed by atoms with E-state index in [1.165, 1.54) is 13.2 Å². The molecule has 0 saturated carbocycles. The van der Waals surface area contributed by atoms with Crippen molar-refractivity contribution in [3.63, 3.8) is 0 Å². The van der Waals surface area contributed by atoms with E-state index in [2.05, 4.69) is 0 Å². The number of methoxy groups -OCH3 is 1. The van der Waals surface area contributed by atoms with Gasteiger partial charge in [0.1, 0.15) is 6.10 Å². The molecule has 1 unspecified atom stereocenters. The van der Waals surface area contributed by atoms with E-state index in [0.717, 1.165) is 6.07 Å². The van der Waals surface area contributed by atoms with Crippen molar-refractivity contribution in [2.45, 2.75) is 26.1 Å². The summed E-state index contributed by atoms with van der Waals surface area (Å²) in [5.74, 6) is 2.60. The molecular formula is C14H15NO7. The molecule has 0 fully saturated rings. The number of nitrogens with zero attached hydrogens (tertiary/aromatic N) is 1. The van der Waals surface area contributed by atoms with Crippen LogP contribution in [-0.4, -0.2) is 34.3 Å².